The molecule has 0 bridgehead atoms. The van der Waals surface area contributed by atoms with Gasteiger partial charge in [0.2, 0.25) is 0 Å². The van der Waals surface area contributed by atoms with Gasteiger partial charge in [-0.05, 0) is 49.2 Å². The average molecular weight is 447 g/mol. The van der Waals surface area contributed by atoms with Crippen molar-refractivity contribution in [2.75, 3.05) is 32.7 Å². The zero-order valence-electron chi connectivity index (χ0n) is 19.2. The van der Waals surface area contributed by atoms with Crippen molar-refractivity contribution in [1.29, 1.82) is 0 Å². The maximum atomic E-state index is 12.3. The van der Waals surface area contributed by atoms with Gasteiger partial charge in [-0.2, -0.15) is 0 Å². The van der Waals surface area contributed by atoms with Gasteiger partial charge in [0, 0.05) is 32.7 Å². The van der Waals surface area contributed by atoms with Crippen molar-refractivity contribution in [2.24, 2.45) is 0 Å². The Balaban J connectivity index is 1.16. The van der Waals surface area contributed by atoms with Gasteiger partial charge in [0.05, 0.1) is 47.5 Å². The van der Waals surface area contributed by atoms with Crippen LogP contribution in [0.4, 0.5) is 0 Å². The van der Waals surface area contributed by atoms with Gasteiger partial charge >= 0.3 is 0 Å². The highest BCUT2D eigenvalue weighted by atomic mass is 16.3. The summed E-state index contributed by atoms with van der Waals surface area (Å²) in [6, 6.07) is 11.7. The first-order valence-electron chi connectivity index (χ1n) is 11.5. The number of rotatable bonds is 6. The van der Waals surface area contributed by atoms with Crippen LogP contribution in [0.25, 0.3) is 21.9 Å². The number of aromatic nitrogens is 4. The minimum absolute atomic E-state index is 0.0882. The maximum absolute atomic E-state index is 12.3. The Labute approximate surface area is 192 Å². The number of nitrogens with one attached hydrogen (secondary N) is 1. The third-order valence-corrected chi connectivity index (χ3v) is 6.61. The zero-order valence-corrected chi connectivity index (χ0v) is 19.2. The minimum Gasteiger partial charge on any atom is -0.390 e. The van der Waals surface area contributed by atoms with Gasteiger partial charge in [-0.1, -0.05) is 12.1 Å². The van der Waals surface area contributed by atoms with E-state index in [9.17, 15) is 9.90 Å². The summed E-state index contributed by atoms with van der Waals surface area (Å²) in [5.41, 5.74) is 5.15. The Kier molecular flexibility index (Phi) is 5.97. The van der Waals surface area contributed by atoms with Gasteiger partial charge in [-0.15, -0.1) is 0 Å². The molecule has 1 saturated heterocycles. The standard InChI is InChI=1S/C25H30N6O2/c1-17-11-22-23(12-18(17)2)31(16-26-22)14-19(32)13-29-7-9-30(10-8-29)15-24-27-21-6-4-3-5-20(21)25(33)28-24/h3-6,11-12,16,19,32H,7-10,13-15H2,1-2H3,(H,27,28,33). The lowest BCUT2D eigenvalue weighted by Gasteiger charge is -2.35. The summed E-state index contributed by atoms with van der Waals surface area (Å²) in [6.07, 6.45) is 1.36. The SMILES string of the molecule is Cc1cc2ncn(CC(O)CN3CCN(Cc4nc5ccccc5c(=O)[nH]4)CC3)c2cc1C. The van der Waals surface area contributed by atoms with Crippen molar-refractivity contribution in [2.45, 2.75) is 33.0 Å². The summed E-state index contributed by atoms with van der Waals surface area (Å²) < 4.78 is 2.05. The number of para-hydroxylation sites is 1. The molecule has 4 aromatic rings. The highest BCUT2D eigenvalue weighted by Gasteiger charge is 2.21. The number of aromatic amines is 1. The molecule has 0 saturated carbocycles. The smallest absolute Gasteiger partial charge is 0.258 e. The fourth-order valence-corrected chi connectivity index (χ4v) is 4.59. The van der Waals surface area contributed by atoms with Crippen molar-refractivity contribution in [3.05, 3.63) is 70.0 Å². The third kappa shape index (κ3) is 4.68. The first-order chi connectivity index (χ1) is 16.0. The van der Waals surface area contributed by atoms with Gasteiger partial charge in [0.1, 0.15) is 5.82 Å². The van der Waals surface area contributed by atoms with Crippen LogP contribution in [0.5, 0.6) is 0 Å². The van der Waals surface area contributed by atoms with Crippen LogP contribution < -0.4 is 5.56 Å². The molecule has 0 spiro atoms. The van der Waals surface area contributed by atoms with Crippen LogP contribution >= 0.6 is 0 Å². The Hall–Kier alpha value is -3.07. The lowest BCUT2D eigenvalue weighted by atomic mass is 10.1. The van der Waals surface area contributed by atoms with E-state index in [2.05, 4.69) is 50.7 Å². The van der Waals surface area contributed by atoms with Crippen LogP contribution in [0, 0.1) is 13.8 Å². The predicted octanol–water partition coefficient (Wildman–Crippen LogP) is 2.07. The molecule has 2 aromatic heterocycles. The molecule has 0 amide bonds. The molecular weight excluding hydrogens is 416 g/mol. The average Bonchev–Trinajstić information content (AvgIpc) is 3.16. The lowest BCUT2D eigenvalue weighted by molar-refractivity contribution is 0.0620. The molecule has 2 aromatic carbocycles. The second-order valence-electron chi connectivity index (χ2n) is 9.08. The van der Waals surface area contributed by atoms with E-state index in [0.29, 0.717) is 30.8 Å². The van der Waals surface area contributed by atoms with E-state index in [0.717, 1.165) is 42.7 Å². The number of aliphatic hydroxyl groups is 1. The zero-order chi connectivity index (χ0) is 22.9. The quantitative estimate of drug-likeness (QED) is 0.471. The molecule has 1 fully saturated rings. The number of aryl methyl sites for hydroxylation is 2. The molecule has 172 valence electrons. The van der Waals surface area contributed by atoms with Gasteiger partial charge in [-0.3, -0.25) is 14.6 Å². The van der Waals surface area contributed by atoms with Crippen molar-refractivity contribution in [3.63, 3.8) is 0 Å². The van der Waals surface area contributed by atoms with E-state index >= 15 is 0 Å². The number of aliphatic hydroxyl groups excluding tert-OH is 1. The number of β-amino-alcohol motifs (C(OH)–C–C–N with tert-alkyl or cyclic N) is 1. The molecule has 8 nitrogen and oxygen atoms in total. The Morgan fingerprint density at radius 1 is 1.00 bits per heavy atom. The predicted molar refractivity (Wildman–Crippen MR) is 129 cm³/mol. The molecule has 1 aliphatic heterocycles. The van der Waals surface area contributed by atoms with Gasteiger partial charge < -0.3 is 14.7 Å². The molecule has 1 aliphatic rings. The number of hydrogen-bond acceptors (Lipinski definition) is 6. The molecule has 1 atom stereocenters. The van der Waals surface area contributed by atoms with E-state index in [1.807, 2.05) is 29.1 Å². The fraction of sp³-hybridized carbons (Fsp3) is 0.400. The molecular formula is C25H30N6O2. The minimum atomic E-state index is -0.464. The largest absolute Gasteiger partial charge is 0.390 e. The summed E-state index contributed by atoms with van der Waals surface area (Å²) in [5.74, 6) is 0.699. The van der Waals surface area contributed by atoms with Crippen molar-refractivity contribution >= 4 is 21.9 Å². The van der Waals surface area contributed by atoms with Crippen LogP contribution in [-0.4, -0.2) is 73.3 Å². The van der Waals surface area contributed by atoms with Crippen molar-refractivity contribution < 1.29 is 5.11 Å². The van der Waals surface area contributed by atoms with Crippen LogP contribution in [0.15, 0.2) is 47.5 Å². The van der Waals surface area contributed by atoms with Gasteiger partial charge in [-0.25, -0.2) is 9.97 Å². The monoisotopic (exact) mass is 446 g/mol. The first kappa shape index (κ1) is 21.8. The van der Waals surface area contributed by atoms with E-state index in [1.54, 1.807) is 6.07 Å². The van der Waals surface area contributed by atoms with Crippen LogP contribution in [0.3, 0.4) is 0 Å². The summed E-state index contributed by atoms with van der Waals surface area (Å²) in [5, 5.41) is 11.4. The number of benzene rings is 2. The normalized spacial score (nSPS) is 16.6. The van der Waals surface area contributed by atoms with Crippen molar-refractivity contribution in [1.82, 2.24) is 29.3 Å². The molecule has 3 heterocycles. The second kappa shape index (κ2) is 9.05. The summed E-state index contributed by atoms with van der Waals surface area (Å²) in [6.45, 7) is 9.46. The topological polar surface area (TPSA) is 90.3 Å². The molecule has 1 unspecified atom stereocenters. The van der Waals surface area contributed by atoms with E-state index in [4.69, 9.17) is 0 Å². The summed E-state index contributed by atoms with van der Waals surface area (Å²) in [7, 11) is 0. The fourth-order valence-electron chi connectivity index (χ4n) is 4.59. The Bertz CT molecular complexity index is 1340. The summed E-state index contributed by atoms with van der Waals surface area (Å²) in [4.78, 5) is 28.9. The number of nitrogens with zero attached hydrogens (tertiary/aromatic N) is 5. The first-order valence-corrected chi connectivity index (χ1v) is 11.5. The summed E-state index contributed by atoms with van der Waals surface area (Å²) >= 11 is 0. The Morgan fingerprint density at radius 3 is 2.55 bits per heavy atom. The lowest BCUT2D eigenvalue weighted by Crippen LogP contribution is -2.48. The number of piperazine rings is 1. The molecule has 0 aliphatic carbocycles. The second-order valence-corrected chi connectivity index (χ2v) is 9.08. The highest BCUT2D eigenvalue weighted by Crippen LogP contribution is 2.19. The van der Waals surface area contributed by atoms with Gasteiger partial charge in [0.25, 0.3) is 5.56 Å². The molecule has 2 N–H and O–H groups in total. The molecule has 33 heavy (non-hydrogen) atoms. The third-order valence-electron chi connectivity index (χ3n) is 6.61. The molecule has 5 rings (SSSR count). The molecule has 0 radical (unpaired) electrons. The highest BCUT2D eigenvalue weighted by molar-refractivity contribution is 5.77. The van der Waals surface area contributed by atoms with Crippen LogP contribution in [-0.2, 0) is 13.1 Å². The van der Waals surface area contributed by atoms with Crippen LogP contribution in [0.2, 0.25) is 0 Å². The number of imidazole rings is 1. The Morgan fingerprint density at radius 2 is 1.73 bits per heavy atom. The molecule has 8 heteroatoms. The van der Waals surface area contributed by atoms with E-state index in [-0.39, 0.29) is 5.56 Å². The van der Waals surface area contributed by atoms with E-state index < -0.39 is 6.10 Å². The number of fused-ring (bicyclic) bond motifs is 2. The van der Waals surface area contributed by atoms with Crippen LogP contribution in [0.1, 0.15) is 17.0 Å². The number of hydrogen-bond donors (Lipinski definition) is 2. The maximum Gasteiger partial charge on any atom is 0.258 e. The van der Waals surface area contributed by atoms with Crippen molar-refractivity contribution in [3.8, 4) is 0 Å². The number of H-pyrrole nitrogens is 1. The van der Waals surface area contributed by atoms with Gasteiger partial charge in [0.15, 0.2) is 0 Å². The van der Waals surface area contributed by atoms with E-state index in [1.165, 1.54) is 11.1 Å².